The third-order valence-corrected chi connectivity index (χ3v) is 4.28. The van der Waals surface area contributed by atoms with Gasteiger partial charge in [-0.05, 0) is 42.7 Å². The van der Waals surface area contributed by atoms with E-state index in [2.05, 4.69) is 37.7 Å². The van der Waals surface area contributed by atoms with Crippen LogP contribution >= 0.6 is 0 Å². The SMILES string of the molecule is CC1=CNC(=NCCc2ccc(N(C)C)nc2)N/C1=C(\C#N)c1ccccn1. The van der Waals surface area contributed by atoms with Gasteiger partial charge in [0.1, 0.15) is 17.5 Å². The lowest BCUT2D eigenvalue weighted by Crippen LogP contribution is -2.39. The first-order valence-electron chi connectivity index (χ1n) is 9.01. The number of aromatic nitrogens is 2. The Labute approximate surface area is 165 Å². The Kier molecular flexibility index (Phi) is 6.02. The first kappa shape index (κ1) is 19.1. The summed E-state index contributed by atoms with van der Waals surface area (Å²) in [4.78, 5) is 15.3. The van der Waals surface area contributed by atoms with E-state index in [1.807, 2.05) is 62.6 Å². The molecule has 1 aliphatic rings. The molecule has 0 aliphatic carbocycles. The number of nitrogens with zero attached hydrogens (tertiary/aromatic N) is 5. The number of hydrogen-bond acceptors (Lipinski definition) is 5. The van der Waals surface area contributed by atoms with Crippen LogP contribution in [0.25, 0.3) is 5.57 Å². The highest BCUT2D eigenvalue weighted by Gasteiger charge is 2.17. The van der Waals surface area contributed by atoms with E-state index in [9.17, 15) is 5.26 Å². The Balaban J connectivity index is 1.72. The highest BCUT2D eigenvalue weighted by molar-refractivity contribution is 5.90. The molecule has 2 aromatic rings. The van der Waals surface area contributed by atoms with Gasteiger partial charge in [-0.3, -0.25) is 9.98 Å². The third-order valence-electron chi connectivity index (χ3n) is 4.28. The van der Waals surface area contributed by atoms with Crippen molar-refractivity contribution in [2.24, 2.45) is 4.99 Å². The van der Waals surface area contributed by atoms with Crippen LogP contribution in [-0.2, 0) is 6.42 Å². The summed E-state index contributed by atoms with van der Waals surface area (Å²) < 4.78 is 0. The van der Waals surface area contributed by atoms with E-state index in [0.717, 1.165) is 29.1 Å². The van der Waals surface area contributed by atoms with Crippen molar-refractivity contribution in [3.63, 3.8) is 0 Å². The van der Waals surface area contributed by atoms with Crippen molar-refractivity contribution in [1.29, 1.82) is 5.26 Å². The molecule has 1 aliphatic heterocycles. The molecule has 0 radical (unpaired) electrons. The van der Waals surface area contributed by atoms with Crippen molar-refractivity contribution in [2.75, 3.05) is 25.5 Å². The normalized spacial score (nSPS) is 16.5. The highest BCUT2D eigenvalue weighted by Crippen LogP contribution is 2.21. The van der Waals surface area contributed by atoms with E-state index >= 15 is 0 Å². The number of rotatable bonds is 5. The number of allylic oxidation sites excluding steroid dienone is 2. The Bertz CT molecular complexity index is 948. The fourth-order valence-electron chi connectivity index (χ4n) is 2.72. The number of anilines is 1. The lowest BCUT2D eigenvalue weighted by atomic mass is 10.1. The van der Waals surface area contributed by atoms with Gasteiger partial charge in [-0.15, -0.1) is 0 Å². The van der Waals surface area contributed by atoms with Gasteiger partial charge in [0.2, 0.25) is 0 Å². The Morgan fingerprint density at radius 3 is 2.71 bits per heavy atom. The second kappa shape index (κ2) is 8.82. The van der Waals surface area contributed by atoms with E-state index < -0.39 is 0 Å². The van der Waals surface area contributed by atoms with Crippen LogP contribution in [0, 0.1) is 11.3 Å². The van der Waals surface area contributed by atoms with Crippen molar-refractivity contribution in [3.05, 3.63) is 71.5 Å². The number of guanidine groups is 1. The molecule has 0 aromatic carbocycles. The Hall–Kier alpha value is -3.66. The minimum absolute atomic E-state index is 0.493. The van der Waals surface area contributed by atoms with Gasteiger partial charge in [-0.1, -0.05) is 12.1 Å². The van der Waals surface area contributed by atoms with Gasteiger partial charge < -0.3 is 15.5 Å². The quantitative estimate of drug-likeness (QED) is 0.783. The maximum atomic E-state index is 9.64. The fourth-order valence-corrected chi connectivity index (χ4v) is 2.72. The maximum Gasteiger partial charge on any atom is 0.199 e. The Morgan fingerprint density at radius 1 is 1.21 bits per heavy atom. The van der Waals surface area contributed by atoms with E-state index in [-0.39, 0.29) is 0 Å². The van der Waals surface area contributed by atoms with Crippen LogP contribution in [0.2, 0.25) is 0 Å². The first-order chi connectivity index (χ1) is 13.6. The summed E-state index contributed by atoms with van der Waals surface area (Å²) >= 11 is 0. The predicted octanol–water partition coefficient (Wildman–Crippen LogP) is 2.47. The smallest absolute Gasteiger partial charge is 0.199 e. The molecule has 0 bridgehead atoms. The number of aliphatic imine (C=N–C) groups is 1. The number of pyridine rings is 2. The molecular formula is C21H23N7. The fraction of sp³-hybridized carbons (Fsp3) is 0.238. The van der Waals surface area contributed by atoms with Gasteiger partial charge in [-0.25, -0.2) is 4.98 Å². The molecule has 3 rings (SSSR count). The first-order valence-corrected chi connectivity index (χ1v) is 9.01. The predicted molar refractivity (Wildman–Crippen MR) is 111 cm³/mol. The van der Waals surface area contributed by atoms with Crippen LogP contribution in [-0.4, -0.2) is 36.6 Å². The number of nitriles is 1. The molecule has 0 saturated heterocycles. The summed E-state index contributed by atoms with van der Waals surface area (Å²) in [5, 5.41) is 16.0. The summed E-state index contributed by atoms with van der Waals surface area (Å²) in [6, 6.07) is 11.8. The summed E-state index contributed by atoms with van der Waals surface area (Å²) in [7, 11) is 3.94. The van der Waals surface area contributed by atoms with Crippen LogP contribution in [0.5, 0.6) is 0 Å². The van der Waals surface area contributed by atoms with Crippen LogP contribution in [0.4, 0.5) is 5.82 Å². The standard InChI is InChI=1S/C21H23N7/c1-15-13-26-21(24-11-9-16-7-8-19(25-14-16)28(2)3)27-20(15)17(12-22)18-6-4-5-10-23-18/h4-8,10,13-14H,9,11H2,1-3H3,(H2,24,26,27)/b20-17+. The summed E-state index contributed by atoms with van der Waals surface area (Å²) in [6.45, 7) is 2.54. The van der Waals surface area contributed by atoms with Gasteiger partial charge >= 0.3 is 0 Å². The second-order valence-electron chi connectivity index (χ2n) is 6.57. The molecule has 0 fully saturated rings. The van der Waals surface area contributed by atoms with Crippen molar-refractivity contribution in [3.8, 4) is 6.07 Å². The van der Waals surface area contributed by atoms with Crippen molar-refractivity contribution < 1.29 is 0 Å². The third kappa shape index (κ3) is 4.54. The minimum atomic E-state index is 0.493. The molecule has 0 atom stereocenters. The molecule has 0 saturated carbocycles. The van der Waals surface area contributed by atoms with Crippen LogP contribution in [0.3, 0.4) is 0 Å². The molecule has 7 nitrogen and oxygen atoms in total. The summed E-state index contributed by atoms with van der Waals surface area (Å²) in [5.41, 5.74) is 3.89. The second-order valence-corrected chi connectivity index (χ2v) is 6.57. The van der Waals surface area contributed by atoms with E-state index in [1.165, 1.54) is 0 Å². The van der Waals surface area contributed by atoms with Crippen LogP contribution in [0.1, 0.15) is 18.2 Å². The summed E-state index contributed by atoms with van der Waals surface area (Å²) in [5.74, 6) is 1.54. The molecule has 142 valence electrons. The van der Waals surface area contributed by atoms with Crippen molar-refractivity contribution in [1.82, 2.24) is 20.6 Å². The van der Waals surface area contributed by atoms with Gasteiger partial charge in [0.25, 0.3) is 0 Å². The van der Waals surface area contributed by atoms with Crippen molar-refractivity contribution in [2.45, 2.75) is 13.3 Å². The zero-order valence-electron chi connectivity index (χ0n) is 16.3. The Morgan fingerprint density at radius 2 is 2.07 bits per heavy atom. The highest BCUT2D eigenvalue weighted by atomic mass is 15.2. The lowest BCUT2D eigenvalue weighted by Gasteiger charge is -2.21. The van der Waals surface area contributed by atoms with E-state index in [1.54, 1.807) is 6.20 Å². The molecule has 2 N–H and O–H groups in total. The van der Waals surface area contributed by atoms with E-state index in [0.29, 0.717) is 23.8 Å². The van der Waals surface area contributed by atoms with Crippen LogP contribution < -0.4 is 15.5 Å². The van der Waals surface area contributed by atoms with Gasteiger partial charge in [0.05, 0.1) is 11.4 Å². The molecule has 0 spiro atoms. The summed E-state index contributed by atoms with van der Waals surface area (Å²) in [6.07, 6.45) is 6.18. The monoisotopic (exact) mass is 373 g/mol. The molecule has 0 amide bonds. The van der Waals surface area contributed by atoms with E-state index in [4.69, 9.17) is 0 Å². The minimum Gasteiger partial charge on any atom is -0.363 e. The molecule has 28 heavy (non-hydrogen) atoms. The number of hydrogen-bond donors (Lipinski definition) is 2. The van der Waals surface area contributed by atoms with Crippen LogP contribution in [0.15, 0.2) is 65.2 Å². The average Bonchev–Trinajstić information content (AvgIpc) is 2.72. The molecule has 3 heterocycles. The largest absolute Gasteiger partial charge is 0.363 e. The van der Waals surface area contributed by atoms with Crippen molar-refractivity contribution >= 4 is 17.4 Å². The molecule has 0 unspecified atom stereocenters. The molecule has 7 heteroatoms. The van der Waals surface area contributed by atoms with Gasteiger partial charge in [0.15, 0.2) is 5.96 Å². The topological polar surface area (TPSA) is 89.2 Å². The van der Waals surface area contributed by atoms with Gasteiger partial charge in [0, 0.05) is 39.2 Å². The lowest BCUT2D eigenvalue weighted by molar-refractivity contribution is 0.904. The molecular weight excluding hydrogens is 350 g/mol. The average molecular weight is 373 g/mol. The van der Waals surface area contributed by atoms with Gasteiger partial charge in [-0.2, -0.15) is 5.26 Å². The zero-order valence-corrected chi connectivity index (χ0v) is 16.3. The molecule has 2 aromatic heterocycles. The zero-order chi connectivity index (χ0) is 19.9. The maximum absolute atomic E-state index is 9.64. The number of nitrogens with one attached hydrogen (secondary N) is 2.